The van der Waals surface area contributed by atoms with Gasteiger partial charge < -0.3 is 14.8 Å². The predicted octanol–water partition coefficient (Wildman–Crippen LogP) is 5.32. The van der Waals surface area contributed by atoms with Gasteiger partial charge in [-0.05, 0) is 30.2 Å². The first kappa shape index (κ1) is 21.5. The topological polar surface area (TPSA) is 118 Å². The second-order valence-electron chi connectivity index (χ2n) is 6.95. The maximum absolute atomic E-state index is 12.9. The van der Waals surface area contributed by atoms with Crippen LogP contribution in [0.2, 0.25) is 0 Å². The number of fused-ring (bicyclic) bond motifs is 1. The SMILES string of the molecule is COc1cc(/C=C(\Cl)c2nc3scc(-c4ccc(C)cc4)c3c(=O)[nH]2)cc([N+](=O)[O-])c1O. The van der Waals surface area contributed by atoms with E-state index in [4.69, 9.17) is 16.3 Å². The number of phenolic OH excluding ortho intramolecular Hbond substituents is 1. The number of nitro benzene ring substituents is 1. The second-order valence-corrected chi connectivity index (χ2v) is 8.22. The van der Waals surface area contributed by atoms with E-state index >= 15 is 0 Å². The number of ether oxygens (including phenoxy) is 1. The minimum absolute atomic E-state index is 0.0660. The van der Waals surface area contributed by atoms with E-state index in [-0.39, 0.29) is 22.2 Å². The lowest BCUT2D eigenvalue weighted by atomic mass is 10.1. The van der Waals surface area contributed by atoms with E-state index in [9.17, 15) is 20.0 Å². The number of hydrogen-bond acceptors (Lipinski definition) is 7. The van der Waals surface area contributed by atoms with Gasteiger partial charge in [0.25, 0.3) is 5.56 Å². The Balaban J connectivity index is 1.78. The van der Waals surface area contributed by atoms with Crippen LogP contribution in [-0.4, -0.2) is 27.1 Å². The van der Waals surface area contributed by atoms with Crippen molar-refractivity contribution in [2.24, 2.45) is 0 Å². The highest BCUT2D eigenvalue weighted by atomic mass is 35.5. The first-order chi connectivity index (χ1) is 15.3. The van der Waals surface area contributed by atoms with E-state index in [1.54, 1.807) is 0 Å². The quantitative estimate of drug-likeness (QED) is 0.301. The Morgan fingerprint density at radius 3 is 2.69 bits per heavy atom. The van der Waals surface area contributed by atoms with E-state index in [0.29, 0.717) is 15.8 Å². The number of nitro groups is 1. The summed E-state index contributed by atoms with van der Waals surface area (Å²) in [5, 5.41) is 23.5. The lowest BCUT2D eigenvalue weighted by molar-refractivity contribution is -0.386. The number of methoxy groups -OCH3 is 1. The number of hydrogen-bond donors (Lipinski definition) is 2. The third kappa shape index (κ3) is 3.95. The smallest absolute Gasteiger partial charge is 0.315 e. The van der Waals surface area contributed by atoms with Crippen molar-refractivity contribution in [3.05, 3.63) is 79.2 Å². The molecule has 0 aliphatic heterocycles. The van der Waals surface area contributed by atoms with Crippen LogP contribution >= 0.6 is 22.9 Å². The number of rotatable bonds is 5. The lowest BCUT2D eigenvalue weighted by Gasteiger charge is -2.06. The van der Waals surface area contributed by atoms with Gasteiger partial charge >= 0.3 is 5.69 Å². The van der Waals surface area contributed by atoms with Crippen LogP contribution in [-0.2, 0) is 0 Å². The van der Waals surface area contributed by atoms with Crippen LogP contribution in [0.3, 0.4) is 0 Å². The highest BCUT2D eigenvalue weighted by molar-refractivity contribution is 7.17. The molecule has 8 nitrogen and oxygen atoms in total. The minimum atomic E-state index is -0.729. The van der Waals surface area contributed by atoms with Crippen LogP contribution in [0, 0.1) is 17.0 Å². The number of aromatic nitrogens is 2. The largest absolute Gasteiger partial charge is 0.500 e. The number of aromatic hydroxyl groups is 1. The lowest BCUT2D eigenvalue weighted by Crippen LogP contribution is -2.10. The molecule has 2 heterocycles. The zero-order valence-electron chi connectivity index (χ0n) is 16.9. The van der Waals surface area contributed by atoms with E-state index in [2.05, 4.69) is 9.97 Å². The number of phenols is 1. The molecule has 0 atom stereocenters. The number of nitrogens with one attached hydrogen (secondary N) is 1. The highest BCUT2D eigenvalue weighted by Gasteiger charge is 2.20. The van der Waals surface area contributed by atoms with Crippen molar-refractivity contribution in [2.45, 2.75) is 6.92 Å². The van der Waals surface area contributed by atoms with Gasteiger partial charge in [-0.25, -0.2) is 4.98 Å². The number of benzene rings is 2. The number of nitrogens with zero attached hydrogens (tertiary/aromatic N) is 2. The molecule has 162 valence electrons. The Hall–Kier alpha value is -3.69. The molecule has 2 aromatic heterocycles. The zero-order chi connectivity index (χ0) is 23.0. The summed E-state index contributed by atoms with van der Waals surface area (Å²) in [5.41, 5.74) is 2.23. The minimum Gasteiger partial charge on any atom is -0.500 e. The molecule has 4 aromatic rings. The first-order valence-electron chi connectivity index (χ1n) is 9.30. The van der Waals surface area contributed by atoms with E-state index in [1.807, 2.05) is 36.6 Å². The predicted molar refractivity (Wildman–Crippen MR) is 125 cm³/mol. The van der Waals surface area contributed by atoms with Crippen LogP contribution in [0.25, 0.3) is 32.5 Å². The Bertz CT molecular complexity index is 1440. The Morgan fingerprint density at radius 2 is 2.03 bits per heavy atom. The van der Waals surface area contributed by atoms with Crippen molar-refractivity contribution < 1.29 is 14.8 Å². The van der Waals surface area contributed by atoms with Crippen LogP contribution < -0.4 is 10.3 Å². The van der Waals surface area contributed by atoms with Crippen LogP contribution in [0.4, 0.5) is 5.69 Å². The van der Waals surface area contributed by atoms with E-state index in [0.717, 1.165) is 22.8 Å². The monoisotopic (exact) mass is 469 g/mol. The zero-order valence-corrected chi connectivity index (χ0v) is 18.5. The molecule has 2 aromatic carbocycles. The van der Waals surface area contributed by atoms with Gasteiger partial charge in [0.2, 0.25) is 5.75 Å². The molecule has 0 fully saturated rings. The molecule has 0 bridgehead atoms. The van der Waals surface area contributed by atoms with Crippen LogP contribution in [0.5, 0.6) is 11.5 Å². The Kier molecular flexibility index (Phi) is 5.68. The molecule has 2 N–H and O–H groups in total. The summed E-state index contributed by atoms with van der Waals surface area (Å²) in [6.07, 6.45) is 1.40. The second kappa shape index (κ2) is 8.45. The van der Waals surface area contributed by atoms with Gasteiger partial charge in [0.05, 0.1) is 22.5 Å². The van der Waals surface area contributed by atoms with Gasteiger partial charge in [0.1, 0.15) is 4.83 Å². The standard InChI is InChI=1S/C22H16ClN3O5S/c1-11-3-5-13(6-4-11)14-10-32-22-18(14)21(28)24-20(25-22)15(23)7-12-8-16(26(29)30)19(27)17(9-12)31-2/h3-10,27H,1-2H3,(H,24,25,28)/b15-7-. The molecule has 32 heavy (non-hydrogen) atoms. The molecule has 0 aliphatic carbocycles. The molecule has 0 unspecified atom stereocenters. The summed E-state index contributed by atoms with van der Waals surface area (Å²) in [7, 11) is 1.28. The van der Waals surface area contributed by atoms with Crippen molar-refractivity contribution in [2.75, 3.05) is 7.11 Å². The summed E-state index contributed by atoms with van der Waals surface area (Å²) in [5.74, 6) is -0.537. The van der Waals surface area contributed by atoms with Crippen molar-refractivity contribution in [1.29, 1.82) is 0 Å². The fourth-order valence-corrected chi connectivity index (χ4v) is 4.38. The fraction of sp³-hybridized carbons (Fsp3) is 0.0909. The molecule has 0 aliphatic rings. The van der Waals surface area contributed by atoms with Gasteiger partial charge in [-0.1, -0.05) is 41.4 Å². The average Bonchev–Trinajstić information content (AvgIpc) is 3.19. The van der Waals surface area contributed by atoms with Crippen LogP contribution in [0.15, 0.2) is 46.6 Å². The molecule has 0 radical (unpaired) electrons. The molecule has 0 saturated carbocycles. The van der Waals surface area contributed by atoms with Gasteiger partial charge in [0, 0.05) is 17.0 Å². The van der Waals surface area contributed by atoms with Crippen molar-refractivity contribution in [1.82, 2.24) is 9.97 Å². The summed E-state index contributed by atoms with van der Waals surface area (Å²) < 4.78 is 4.99. The molecule has 0 amide bonds. The molecular weight excluding hydrogens is 454 g/mol. The Labute approximate surface area is 190 Å². The molecule has 0 saturated heterocycles. The van der Waals surface area contributed by atoms with Crippen molar-refractivity contribution in [3.63, 3.8) is 0 Å². The van der Waals surface area contributed by atoms with Crippen LogP contribution in [0.1, 0.15) is 17.0 Å². The van der Waals surface area contributed by atoms with Gasteiger partial charge in [-0.2, -0.15) is 0 Å². The van der Waals surface area contributed by atoms with Gasteiger partial charge in [-0.15, -0.1) is 11.3 Å². The molecule has 10 heteroatoms. The average molecular weight is 470 g/mol. The third-order valence-corrected chi connectivity index (χ3v) is 5.98. The molecule has 0 spiro atoms. The third-order valence-electron chi connectivity index (χ3n) is 4.82. The number of halogens is 1. The summed E-state index contributed by atoms with van der Waals surface area (Å²) in [6, 6.07) is 10.4. The van der Waals surface area contributed by atoms with Gasteiger partial charge in [-0.3, -0.25) is 14.9 Å². The highest BCUT2D eigenvalue weighted by Crippen LogP contribution is 2.38. The Morgan fingerprint density at radius 1 is 1.31 bits per heavy atom. The maximum atomic E-state index is 12.9. The first-order valence-corrected chi connectivity index (χ1v) is 10.6. The number of H-pyrrole nitrogens is 1. The fourth-order valence-electron chi connectivity index (χ4n) is 3.21. The van der Waals surface area contributed by atoms with Gasteiger partial charge in [0.15, 0.2) is 11.6 Å². The molecule has 4 rings (SSSR count). The molecular formula is C22H16ClN3O5S. The summed E-state index contributed by atoms with van der Waals surface area (Å²) in [6.45, 7) is 1.99. The maximum Gasteiger partial charge on any atom is 0.315 e. The number of aryl methyl sites for hydroxylation is 1. The van der Waals surface area contributed by atoms with Crippen molar-refractivity contribution in [3.8, 4) is 22.6 Å². The van der Waals surface area contributed by atoms with Crippen molar-refractivity contribution >= 4 is 50.0 Å². The summed E-state index contributed by atoms with van der Waals surface area (Å²) >= 11 is 7.70. The number of aromatic amines is 1. The number of thiophene rings is 1. The summed E-state index contributed by atoms with van der Waals surface area (Å²) in [4.78, 5) is 31.0. The normalized spacial score (nSPS) is 11.7. The van der Waals surface area contributed by atoms with E-state index in [1.165, 1.54) is 30.6 Å². The van der Waals surface area contributed by atoms with E-state index < -0.39 is 16.4 Å².